The minimum atomic E-state index is 0.194. The summed E-state index contributed by atoms with van der Waals surface area (Å²) >= 11 is 0. The summed E-state index contributed by atoms with van der Waals surface area (Å²) in [6.45, 7) is 8.08. The van der Waals surface area contributed by atoms with Gasteiger partial charge in [0.15, 0.2) is 0 Å². The number of benzene rings is 1. The van der Waals surface area contributed by atoms with Crippen molar-refractivity contribution >= 4 is 5.91 Å². The first-order valence-electron chi connectivity index (χ1n) is 10.7. The molecule has 29 heavy (non-hydrogen) atoms. The molecule has 5 heteroatoms. The van der Waals surface area contributed by atoms with Crippen molar-refractivity contribution in [1.82, 2.24) is 14.8 Å². The lowest BCUT2D eigenvalue weighted by Crippen LogP contribution is -2.35. The van der Waals surface area contributed by atoms with E-state index < -0.39 is 0 Å². The highest BCUT2D eigenvalue weighted by atomic mass is 16.5. The summed E-state index contributed by atoms with van der Waals surface area (Å²) in [6.07, 6.45) is 3.45. The fraction of sp³-hybridized carbons (Fsp3) is 0.500. The molecule has 2 aliphatic rings. The number of rotatable bonds is 6. The van der Waals surface area contributed by atoms with Crippen LogP contribution in [0.3, 0.4) is 0 Å². The number of aryl methyl sites for hydroxylation is 1. The van der Waals surface area contributed by atoms with Crippen LogP contribution in [-0.2, 0) is 11.3 Å². The fourth-order valence-electron chi connectivity index (χ4n) is 5.08. The zero-order valence-corrected chi connectivity index (χ0v) is 17.7. The van der Waals surface area contributed by atoms with Crippen molar-refractivity contribution in [2.75, 3.05) is 26.7 Å². The summed E-state index contributed by atoms with van der Waals surface area (Å²) in [5, 5.41) is 0. The Hall–Kier alpha value is -2.40. The van der Waals surface area contributed by atoms with E-state index >= 15 is 0 Å². The van der Waals surface area contributed by atoms with Crippen LogP contribution < -0.4 is 4.74 Å². The lowest BCUT2D eigenvalue weighted by molar-refractivity contribution is -0.132. The molecule has 0 unspecified atom stereocenters. The van der Waals surface area contributed by atoms with Crippen molar-refractivity contribution in [1.29, 1.82) is 0 Å². The Balaban J connectivity index is 1.53. The number of methoxy groups -OCH3 is 1. The van der Waals surface area contributed by atoms with Gasteiger partial charge < -0.3 is 9.64 Å². The lowest BCUT2D eigenvalue weighted by atomic mass is 9.87. The van der Waals surface area contributed by atoms with Gasteiger partial charge >= 0.3 is 0 Å². The molecule has 1 aromatic carbocycles. The Morgan fingerprint density at radius 1 is 1.17 bits per heavy atom. The molecule has 4 rings (SSSR count). The third-order valence-electron chi connectivity index (χ3n) is 6.44. The Bertz CT molecular complexity index is 851. The van der Waals surface area contributed by atoms with Crippen LogP contribution in [0, 0.1) is 18.8 Å². The second kappa shape index (κ2) is 8.54. The van der Waals surface area contributed by atoms with Crippen molar-refractivity contribution in [3.05, 3.63) is 59.3 Å². The summed E-state index contributed by atoms with van der Waals surface area (Å²) in [5.41, 5.74) is 3.81. The second-order valence-electron chi connectivity index (χ2n) is 8.42. The molecule has 1 aromatic heterocycles. The highest BCUT2D eigenvalue weighted by Gasteiger charge is 2.48. The van der Waals surface area contributed by atoms with Gasteiger partial charge in [-0.25, -0.2) is 4.98 Å². The molecule has 2 aromatic rings. The van der Waals surface area contributed by atoms with Crippen LogP contribution in [0.25, 0.3) is 0 Å². The van der Waals surface area contributed by atoms with E-state index in [4.69, 9.17) is 4.74 Å². The lowest BCUT2D eigenvalue weighted by Gasteiger charge is -2.31. The van der Waals surface area contributed by atoms with Gasteiger partial charge in [-0.2, -0.15) is 0 Å². The summed E-state index contributed by atoms with van der Waals surface area (Å²) in [7, 11) is 1.64. The van der Waals surface area contributed by atoms with Gasteiger partial charge in [-0.05, 0) is 36.0 Å². The maximum absolute atomic E-state index is 12.9. The van der Waals surface area contributed by atoms with Crippen LogP contribution in [0.4, 0.5) is 0 Å². The van der Waals surface area contributed by atoms with E-state index in [1.54, 1.807) is 7.11 Å². The minimum Gasteiger partial charge on any atom is -0.481 e. The summed E-state index contributed by atoms with van der Waals surface area (Å²) in [5.74, 6) is 1.98. The Morgan fingerprint density at radius 2 is 2.00 bits per heavy atom. The topological polar surface area (TPSA) is 45.7 Å². The molecular weight excluding hydrogens is 362 g/mol. The average Bonchev–Trinajstić information content (AvgIpc) is 3.26. The maximum atomic E-state index is 12.9. The molecule has 0 radical (unpaired) electrons. The van der Waals surface area contributed by atoms with Gasteiger partial charge in [0, 0.05) is 50.8 Å². The van der Waals surface area contributed by atoms with E-state index in [1.165, 1.54) is 16.7 Å². The van der Waals surface area contributed by atoms with Crippen LogP contribution in [0.1, 0.15) is 42.5 Å². The molecule has 0 N–H and O–H groups in total. The zero-order chi connectivity index (χ0) is 20.4. The molecule has 0 saturated carbocycles. The van der Waals surface area contributed by atoms with Crippen molar-refractivity contribution < 1.29 is 9.53 Å². The van der Waals surface area contributed by atoms with Crippen molar-refractivity contribution in [3.8, 4) is 5.88 Å². The third kappa shape index (κ3) is 4.01. The number of fused-ring (bicyclic) bond motifs is 1. The largest absolute Gasteiger partial charge is 0.481 e. The van der Waals surface area contributed by atoms with Crippen LogP contribution >= 0.6 is 0 Å². The third-order valence-corrected chi connectivity index (χ3v) is 6.44. The van der Waals surface area contributed by atoms with Crippen LogP contribution in [0.5, 0.6) is 5.88 Å². The normalized spacial score (nSPS) is 24.0. The van der Waals surface area contributed by atoms with E-state index in [0.29, 0.717) is 30.0 Å². The molecule has 0 aliphatic carbocycles. The number of carbonyl (C=O) groups excluding carboxylic acids is 1. The molecule has 2 aliphatic heterocycles. The summed E-state index contributed by atoms with van der Waals surface area (Å²) < 4.78 is 5.17. The maximum Gasteiger partial charge on any atom is 0.223 e. The Labute approximate surface area is 173 Å². The molecular formula is C24H31N3O2. The van der Waals surface area contributed by atoms with Crippen molar-refractivity contribution in [2.45, 2.75) is 39.3 Å². The van der Waals surface area contributed by atoms with E-state index in [-0.39, 0.29) is 6.04 Å². The molecule has 2 fully saturated rings. The first-order chi connectivity index (χ1) is 14.1. The number of ether oxygens (including phenoxy) is 1. The minimum absolute atomic E-state index is 0.194. The molecule has 5 nitrogen and oxygen atoms in total. The van der Waals surface area contributed by atoms with Gasteiger partial charge in [0.2, 0.25) is 11.8 Å². The molecule has 154 valence electrons. The molecule has 0 bridgehead atoms. The predicted molar refractivity (Wildman–Crippen MR) is 114 cm³/mol. The number of nitrogens with zero attached hydrogens (tertiary/aromatic N) is 3. The monoisotopic (exact) mass is 393 g/mol. The summed E-state index contributed by atoms with van der Waals surface area (Å²) in [6, 6.07) is 12.8. The average molecular weight is 394 g/mol. The number of hydrogen-bond donors (Lipinski definition) is 0. The van der Waals surface area contributed by atoms with Crippen LogP contribution in [0.2, 0.25) is 0 Å². The fourth-order valence-corrected chi connectivity index (χ4v) is 5.08. The van der Waals surface area contributed by atoms with E-state index in [1.807, 2.05) is 12.3 Å². The number of likely N-dealkylation sites (tertiary alicyclic amines) is 2. The molecule has 2 saturated heterocycles. The van der Waals surface area contributed by atoms with Gasteiger partial charge in [0.1, 0.15) is 0 Å². The van der Waals surface area contributed by atoms with Crippen molar-refractivity contribution in [2.24, 2.45) is 11.8 Å². The predicted octanol–water partition coefficient (Wildman–Crippen LogP) is 3.83. The molecule has 3 heterocycles. The van der Waals surface area contributed by atoms with Gasteiger partial charge in [0.05, 0.1) is 13.2 Å². The summed E-state index contributed by atoms with van der Waals surface area (Å²) in [4.78, 5) is 21.9. The van der Waals surface area contributed by atoms with Crippen LogP contribution in [-0.4, -0.2) is 47.4 Å². The Kier molecular flexibility index (Phi) is 5.86. The molecule has 3 atom stereocenters. The number of pyridine rings is 1. The first kappa shape index (κ1) is 19.9. The van der Waals surface area contributed by atoms with Gasteiger partial charge in [0.25, 0.3) is 0 Å². The molecule has 1 amide bonds. The smallest absolute Gasteiger partial charge is 0.223 e. The van der Waals surface area contributed by atoms with Gasteiger partial charge in [-0.15, -0.1) is 0 Å². The van der Waals surface area contributed by atoms with Crippen molar-refractivity contribution in [3.63, 3.8) is 0 Å². The highest BCUT2D eigenvalue weighted by molar-refractivity contribution is 5.77. The van der Waals surface area contributed by atoms with Crippen LogP contribution in [0.15, 0.2) is 42.6 Å². The Morgan fingerprint density at radius 3 is 2.69 bits per heavy atom. The van der Waals surface area contributed by atoms with Gasteiger partial charge in [-0.1, -0.05) is 37.3 Å². The number of hydrogen-bond acceptors (Lipinski definition) is 4. The zero-order valence-electron chi connectivity index (χ0n) is 17.7. The van der Waals surface area contributed by atoms with E-state index in [9.17, 15) is 4.79 Å². The van der Waals surface area contributed by atoms with E-state index in [2.05, 4.69) is 59.0 Å². The second-order valence-corrected chi connectivity index (χ2v) is 8.42. The SMILES string of the molecule is CCCC(=O)N1C[C@@H]2CN(Cc3ccc(OC)nc3)C[C@@H]2[C@H]1c1ccccc1C. The first-order valence-corrected chi connectivity index (χ1v) is 10.7. The molecule has 0 spiro atoms. The van der Waals surface area contributed by atoms with Gasteiger partial charge in [-0.3, -0.25) is 9.69 Å². The number of carbonyl (C=O) groups is 1. The number of aromatic nitrogens is 1. The highest BCUT2D eigenvalue weighted by Crippen LogP contribution is 2.46. The quantitative estimate of drug-likeness (QED) is 0.748. The van der Waals surface area contributed by atoms with E-state index in [0.717, 1.165) is 32.6 Å². The number of amides is 1. The standard InChI is InChI=1S/C24H31N3O2/c1-4-7-23(28)27-15-19-14-26(13-18-10-11-22(29-3)25-12-18)16-21(19)24(27)20-9-6-5-8-17(20)2/h5-6,8-12,19,21,24H,4,7,13-16H2,1-3H3/t19-,21-,24+/m0/s1.